The molecule has 1 saturated heterocycles. The highest BCUT2D eigenvalue weighted by Crippen LogP contribution is 2.25. The average molecular weight is 297 g/mol. The predicted molar refractivity (Wildman–Crippen MR) is 93.0 cm³/mol. The fourth-order valence-corrected chi connectivity index (χ4v) is 3.03. The van der Waals surface area contributed by atoms with Crippen LogP contribution in [0.2, 0.25) is 0 Å². The van der Waals surface area contributed by atoms with Crippen molar-refractivity contribution in [3.63, 3.8) is 0 Å². The van der Waals surface area contributed by atoms with E-state index in [1.54, 1.807) is 7.11 Å². The van der Waals surface area contributed by atoms with Crippen molar-refractivity contribution >= 4 is 17.1 Å². The highest BCUT2D eigenvalue weighted by atomic mass is 16.5. The van der Waals surface area contributed by atoms with Crippen LogP contribution >= 0.6 is 0 Å². The molecule has 1 aliphatic rings. The van der Waals surface area contributed by atoms with Crippen LogP contribution in [-0.4, -0.2) is 33.3 Å². The third-order valence-corrected chi connectivity index (χ3v) is 4.28. The van der Waals surface area contributed by atoms with E-state index < -0.39 is 0 Å². The Hall–Kier alpha value is -2.36. The molecular weight excluding hydrogens is 274 g/mol. The largest absolute Gasteiger partial charge is 0.497 e. The van der Waals surface area contributed by atoms with Crippen molar-refractivity contribution in [3.05, 3.63) is 48.0 Å². The lowest BCUT2D eigenvalue weighted by molar-refractivity contribution is 0.415. The first-order chi connectivity index (χ1) is 10.7. The lowest BCUT2D eigenvalue weighted by Gasteiger charge is -2.38. The molecule has 1 fully saturated rings. The number of nitrogens with two attached hydrogens (primary N) is 1. The maximum atomic E-state index is 5.84. The summed E-state index contributed by atoms with van der Waals surface area (Å²) in [5.74, 6) is 0.903. The van der Waals surface area contributed by atoms with Gasteiger partial charge < -0.3 is 20.3 Å². The summed E-state index contributed by atoms with van der Waals surface area (Å²) in [6, 6.07) is 14.5. The number of rotatable bonds is 3. The van der Waals surface area contributed by atoms with E-state index in [1.807, 2.05) is 24.3 Å². The molecule has 0 radical (unpaired) electrons. The standard InChI is InChI=1S/C18H23N3O/c1-14-13-15(19)3-8-18(14)21-11-9-20(10-12-21)16-4-6-17(22-2)7-5-16/h3-8,13H,9-12,19H2,1-2H3. The Bertz CT molecular complexity index is 631. The molecule has 0 saturated carbocycles. The monoisotopic (exact) mass is 297 g/mol. The molecule has 116 valence electrons. The van der Waals surface area contributed by atoms with Gasteiger partial charge in [-0.15, -0.1) is 0 Å². The normalized spacial score (nSPS) is 15.0. The van der Waals surface area contributed by atoms with E-state index in [2.05, 4.69) is 34.9 Å². The van der Waals surface area contributed by atoms with Crippen molar-refractivity contribution in [2.75, 3.05) is 48.8 Å². The van der Waals surface area contributed by atoms with E-state index in [9.17, 15) is 0 Å². The fourth-order valence-electron chi connectivity index (χ4n) is 3.03. The van der Waals surface area contributed by atoms with Crippen molar-refractivity contribution in [2.24, 2.45) is 0 Å². The number of nitrogen functional groups attached to an aromatic ring is 1. The number of aryl methyl sites for hydroxylation is 1. The molecule has 0 unspecified atom stereocenters. The third kappa shape index (κ3) is 2.96. The Morgan fingerprint density at radius 2 is 1.55 bits per heavy atom. The maximum Gasteiger partial charge on any atom is 0.119 e. The molecule has 2 aromatic rings. The summed E-state index contributed by atoms with van der Waals surface area (Å²) < 4.78 is 5.22. The number of anilines is 3. The number of nitrogens with zero attached hydrogens (tertiary/aromatic N) is 2. The lowest BCUT2D eigenvalue weighted by atomic mass is 10.1. The van der Waals surface area contributed by atoms with Crippen molar-refractivity contribution in [2.45, 2.75) is 6.92 Å². The third-order valence-electron chi connectivity index (χ3n) is 4.28. The molecule has 1 aliphatic heterocycles. The van der Waals surface area contributed by atoms with Crippen LogP contribution in [0.5, 0.6) is 5.75 Å². The quantitative estimate of drug-likeness (QED) is 0.885. The van der Waals surface area contributed by atoms with Crippen LogP contribution in [0.4, 0.5) is 17.1 Å². The molecule has 4 nitrogen and oxygen atoms in total. The molecule has 2 aromatic carbocycles. The summed E-state index contributed by atoms with van der Waals surface area (Å²) in [4.78, 5) is 4.86. The predicted octanol–water partition coefficient (Wildman–Crippen LogP) is 2.91. The van der Waals surface area contributed by atoms with Gasteiger partial charge in [0.1, 0.15) is 5.75 Å². The number of ether oxygens (including phenoxy) is 1. The number of piperazine rings is 1. The summed E-state index contributed by atoms with van der Waals surface area (Å²) in [5, 5.41) is 0. The molecule has 0 aliphatic carbocycles. The number of hydrogen-bond acceptors (Lipinski definition) is 4. The van der Waals surface area contributed by atoms with Gasteiger partial charge in [0.25, 0.3) is 0 Å². The Balaban J connectivity index is 1.66. The van der Waals surface area contributed by atoms with Crippen molar-refractivity contribution in [3.8, 4) is 5.75 Å². The van der Waals surface area contributed by atoms with Crippen LogP contribution in [-0.2, 0) is 0 Å². The zero-order chi connectivity index (χ0) is 15.5. The lowest BCUT2D eigenvalue weighted by Crippen LogP contribution is -2.46. The van der Waals surface area contributed by atoms with Gasteiger partial charge in [-0.1, -0.05) is 0 Å². The Morgan fingerprint density at radius 1 is 0.909 bits per heavy atom. The topological polar surface area (TPSA) is 41.7 Å². The van der Waals surface area contributed by atoms with Gasteiger partial charge in [-0.05, 0) is 55.0 Å². The van der Waals surface area contributed by atoms with Crippen molar-refractivity contribution in [1.82, 2.24) is 0 Å². The Morgan fingerprint density at radius 3 is 2.14 bits per heavy atom. The van der Waals surface area contributed by atoms with Crippen LogP contribution in [0.15, 0.2) is 42.5 Å². The summed E-state index contributed by atoms with van der Waals surface area (Å²) >= 11 is 0. The van der Waals surface area contributed by atoms with Gasteiger partial charge in [0, 0.05) is 43.2 Å². The average Bonchev–Trinajstić information content (AvgIpc) is 2.55. The van der Waals surface area contributed by atoms with E-state index in [0.717, 1.165) is 37.6 Å². The molecule has 22 heavy (non-hydrogen) atoms. The molecule has 0 atom stereocenters. The maximum absolute atomic E-state index is 5.84. The highest BCUT2D eigenvalue weighted by molar-refractivity contribution is 5.60. The van der Waals surface area contributed by atoms with Gasteiger partial charge in [0.05, 0.1) is 7.11 Å². The minimum atomic E-state index is 0.832. The van der Waals surface area contributed by atoms with Gasteiger partial charge in [-0.25, -0.2) is 0 Å². The minimum absolute atomic E-state index is 0.832. The Labute approximate surface area is 132 Å². The van der Waals surface area contributed by atoms with E-state index >= 15 is 0 Å². The van der Waals surface area contributed by atoms with Crippen LogP contribution in [0.3, 0.4) is 0 Å². The van der Waals surface area contributed by atoms with E-state index in [1.165, 1.54) is 16.9 Å². The van der Waals surface area contributed by atoms with Crippen LogP contribution in [0, 0.1) is 6.92 Å². The van der Waals surface area contributed by atoms with E-state index in [-0.39, 0.29) is 0 Å². The molecule has 2 N–H and O–H groups in total. The fraction of sp³-hybridized carbons (Fsp3) is 0.333. The molecular formula is C18H23N3O. The summed E-state index contributed by atoms with van der Waals surface area (Å²) in [7, 11) is 1.70. The molecule has 0 bridgehead atoms. The SMILES string of the molecule is COc1ccc(N2CCN(c3ccc(N)cc3C)CC2)cc1. The van der Waals surface area contributed by atoms with Gasteiger partial charge in [0.2, 0.25) is 0 Å². The first-order valence-electron chi connectivity index (χ1n) is 7.67. The Kier molecular flexibility index (Phi) is 4.09. The van der Waals surface area contributed by atoms with Gasteiger partial charge in [-0.2, -0.15) is 0 Å². The number of hydrogen-bond donors (Lipinski definition) is 1. The molecule has 0 amide bonds. The zero-order valence-electron chi connectivity index (χ0n) is 13.2. The van der Waals surface area contributed by atoms with Gasteiger partial charge in [0.15, 0.2) is 0 Å². The first kappa shape index (κ1) is 14.6. The van der Waals surface area contributed by atoms with Gasteiger partial charge >= 0.3 is 0 Å². The van der Waals surface area contributed by atoms with Gasteiger partial charge in [-0.3, -0.25) is 0 Å². The second kappa shape index (κ2) is 6.18. The summed E-state index contributed by atoms with van der Waals surface area (Å²) in [6.07, 6.45) is 0. The second-order valence-electron chi connectivity index (χ2n) is 5.72. The first-order valence-corrected chi connectivity index (χ1v) is 7.67. The minimum Gasteiger partial charge on any atom is -0.497 e. The smallest absolute Gasteiger partial charge is 0.119 e. The highest BCUT2D eigenvalue weighted by Gasteiger charge is 2.18. The molecule has 1 heterocycles. The molecule has 4 heteroatoms. The van der Waals surface area contributed by atoms with Crippen LogP contribution in [0.25, 0.3) is 0 Å². The molecule has 0 aromatic heterocycles. The van der Waals surface area contributed by atoms with Crippen molar-refractivity contribution < 1.29 is 4.74 Å². The zero-order valence-corrected chi connectivity index (χ0v) is 13.2. The summed E-state index contributed by atoms with van der Waals surface area (Å²) in [6.45, 7) is 6.22. The number of benzene rings is 2. The molecule has 3 rings (SSSR count). The van der Waals surface area contributed by atoms with Crippen LogP contribution < -0.4 is 20.3 Å². The second-order valence-corrected chi connectivity index (χ2v) is 5.72. The van der Waals surface area contributed by atoms with E-state index in [4.69, 9.17) is 10.5 Å². The molecule has 0 spiro atoms. The van der Waals surface area contributed by atoms with Crippen LogP contribution in [0.1, 0.15) is 5.56 Å². The van der Waals surface area contributed by atoms with Crippen molar-refractivity contribution in [1.29, 1.82) is 0 Å². The summed E-state index contributed by atoms with van der Waals surface area (Å²) in [5.41, 5.74) is 10.5. The number of methoxy groups -OCH3 is 1. The van der Waals surface area contributed by atoms with E-state index in [0.29, 0.717) is 0 Å².